The lowest BCUT2D eigenvalue weighted by atomic mass is 10.2. The Morgan fingerprint density at radius 2 is 1.86 bits per heavy atom. The van der Waals surface area contributed by atoms with E-state index in [0.29, 0.717) is 36.1 Å². The zero-order valence-corrected chi connectivity index (χ0v) is 15.9. The molecule has 0 saturated carbocycles. The van der Waals surface area contributed by atoms with E-state index >= 15 is 0 Å². The second-order valence-corrected chi connectivity index (χ2v) is 6.52. The van der Waals surface area contributed by atoms with Crippen LogP contribution < -0.4 is 14.2 Å². The molecule has 1 aromatic heterocycles. The maximum atomic E-state index is 12.9. The molecular formula is C22H20FNO5. The van der Waals surface area contributed by atoms with Crippen molar-refractivity contribution in [1.29, 1.82) is 0 Å². The summed E-state index contributed by atoms with van der Waals surface area (Å²) in [4.78, 5) is 14.5. The van der Waals surface area contributed by atoms with Crippen molar-refractivity contribution >= 4 is 5.91 Å². The Morgan fingerprint density at radius 1 is 1.07 bits per heavy atom. The lowest BCUT2D eigenvalue weighted by Gasteiger charge is -2.20. The Kier molecular flexibility index (Phi) is 5.37. The molecular weight excluding hydrogens is 377 g/mol. The van der Waals surface area contributed by atoms with Gasteiger partial charge in [0.2, 0.25) is 6.79 Å². The van der Waals surface area contributed by atoms with Crippen LogP contribution in [-0.4, -0.2) is 24.1 Å². The van der Waals surface area contributed by atoms with Crippen LogP contribution in [0.1, 0.15) is 28.8 Å². The topological polar surface area (TPSA) is 61.1 Å². The van der Waals surface area contributed by atoms with Crippen LogP contribution in [0, 0.1) is 5.82 Å². The normalized spacial score (nSPS) is 12.1. The van der Waals surface area contributed by atoms with Gasteiger partial charge in [-0.25, -0.2) is 4.39 Å². The molecule has 150 valence electrons. The Morgan fingerprint density at radius 3 is 2.66 bits per heavy atom. The molecule has 0 saturated heterocycles. The van der Waals surface area contributed by atoms with E-state index in [1.54, 1.807) is 17.0 Å². The van der Waals surface area contributed by atoms with E-state index in [2.05, 4.69) is 0 Å². The predicted molar refractivity (Wildman–Crippen MR) is 102 cm³/mol. The zero-order valence-electron chi connectivity index (χ0n) is 15.9. The molecule has 1 aliphatic rings. The van der Waals surface area contributed by atoms with Gasteiger partial charge in [0.25, 0.3) is 5.91 Å². The zero-order chi connectivity index (χ0) is 20.2. The van der Waals surface area contributed by atoms with Gasteiger partial charge in [-0.05, 0) is 61.0 Å². The number of fused-ring (bicyclic) bond motifs is 1. The Balaban J connectivity index is 1.39. The first kappa shape index (κ1) is 18.9. The molecule has 29 heavy (non-hydrogen) atoms. The van der Waals surface area contributed by atoms with Gasteiger partial charge in [-0.15, -0.1) is 0 Å². The number of furan rings is 1. The standard InChI is InChI=1S/C22H20FNO5/c1-2-24(12-15-3-9-19-21(11-15)28-14-27-19)22(25)20-10-8-18(29-20)13-26-17-6-4-16(23)5-7-17/h3-11H,2,12-14H2,1H3. The van der Waals surface area contributed by atoms with Crippen molar-refractivity contribution in [2.45, 2.75) is 20.1 Å². The van der Waals surface area contributed by atoms with Crippen molar-refractivity contribution in [3.05, 3.63) is 77.5 Å². The third-order valence-corrected chi connectivity index (χ3v) is 4.55. The molecule has 0 N–H and O–H groups in total. The summed E-state index contributed by atoms with van der Waals surface area (Å²) in [5.41, 5.74) is 0.941. The number of carbonyl (C=O) groups is 1. The molecule has 1 aliphatic heterocycles. The number of hydrogen-bond acceptors (Lipinski definition) is 5. The first-order valence-corrected chi connectivity index (χ1v) is 9.27. The first-order valence-electron chi connectivity index (χ1n) is 9.27. The third-order valence-electron chi connectivity index (χ3n) is 4.55. The molecule has 3 aromatic rings. The van der Waals surface area contributed by atoms with Crippen LogP contribution >= 0.6 is 0 Å². The summed E-state index contributed by atoms with van der Waals surface area (Å²) in [6.07, 6.45) is 0. The van der Waals surface area contributed by atoms with Gasteiger partial charge in [0.05, 0.1) is 0 Å². The average molecular weight is 397 g/mol. The van der Waals surface area contributed by atoms with Gasteiger partial charge in [0, 0.05) is 13.1 Å². The number of benzene rings is 2. The SMILES string of the molecule is CCN(Cc1ccc2c(c1)OCO2)C(=O)c1ccc(COc2ccc(F)cc2)o1. The molecule has 4 rings (SSSR count). The van der Waals surface area contributed by atoms with Crippen LogP contribution in [0.3, 0.4) is 0 Å². The molecule has 0 unspecified atom stereocenters. The molecule has 2 aromatic carbocycles. The monoisotopic (exact) mass is 397 g/mol. The minimum atomic E-state index is -0.328. The maximum Gasteiger partial charge on any atom is 0.289 e. The van der Waals surface area contributed by atoms with Crippen molar-refractivity contribution in [1.82, 2.24) is 4.90 Å². The third kappa shape index (κ3) is 4.34. The summed E-state index contributed by atoms with van der Waals surface area (Å²) in [7, 11) is 0. The number of amides is 1. The number of nitrogens with zero attached hydrogens (tertiary/aromatic N) is 1. The van der Waals surface area contributed by atoms with Gasteiger partial charge in [0.1, 0.15) is 23.9 Å². The van der Waals surface area contributed by atoms with Crippen LogP contribution in [0.4, 0.5) is 4.39 Å². The molecule has 0 atom stereocenters. The number of hydrogen-bond donors (Lipinski definition) is 0. The van der Waals surface area contributed by atoms with Gasteiger partial charge in [-0.2, -0.15) is 0 Å². The smallest absolute Gasteiger partial charge is 0.289 e. The Labute approximate surface area is 167 Å². The fourth-order valence-corrected chi connectivity index (χ4v) is 3.00. The van der Waals surface area contributed by atoms with E-state index in [9.17, 15) is 9.18 Å². The second kappa shape index (κ2) is 8.26. The van der Waals surface area contributed by atoms with Crippen molar-refractivity contribution in [3.8, 4) is 17.2 Å². The molecule has 7 heteroatoms. The fourth-order valence-electron chi connectivity index (χ4n) is 3.00. The molecule has 0 radical (unpaired) electrons. The largest absolute Gasteiger partial charge is 0.486 e. The lowest BCUT2D eigenvalue weighted by molar-refractivity contribution is 0.0716. The van der Waals surface area contributed by atoms with Crippen molar-refractivity contribution in [3.63, 3.8) is 0 Å². The second-order valence-electron chi connectivity index (χ2n) is 6.52. The molecule has 0 bridgehead atoms. The van der Waals surface area contributed by atoms with Gasteiger partial charge < -0.3 is 23.5 Å². The minimum absolute atomic E-state index is 0.146. The van der Waals surface area contributed by atoms with Gasteiger partial charge in [-0.3, -0.25) is 4.79 Å². The molecule has 0 spiro atoms. The van der Waals surface area contributed by atoms with Crippen LogP contribution in [0.25, 0.3) is 0 Å². The highest BCUT2D eigenvalue weighted by molar-refractivity contribution is 5.91. The van der Waals surface area contributed by atoms with Gasteiger partial charge in [0.15, 0.2) is 17.3 Å². The first-order chi connectivity index (χ1) is 14.1. The summed E-state index contributed by atoms with van der Waals surface area (Å²) >= 11 is 0. The van der Waals surface area contributed by atoms with Crippen LogP contribution in [0.2, 0.25) is 0 Å². The van der Waals surface area contributed by atoms with Gasteiger partial charge >= 0.3 is 0 Å². The van der Waals surface area contributed by atoms with Crippen LogP contribution in [-0.2, 0) is 13.2 Å². The number of halogens is 1. The number of rotatable bonds is 7. The molecule has 6 nitrogen and oxygen atoms in total. The maximum absolute atomic E-state index is 12.9. The molecule has 0 aliphatic carbocycles. The van der Waals surface area contributed by atoms with Crippen molar-refractivity contribution in [2.75, 3.05) is 13.3 Å². The highest BCUT2D eigenvalue weighted by Crippen LogP contribution is 2.33. The minimum Gasteiger partial charge on any atom is -0.486 e. The summed E-state index contributed by atoms with van der Waals surface area (Å²) in [6.45, 7) is 3.22. The average Bonchev–Trinajstić information content (AvgIpc) is 3.40. The van der Waals surface area contributed by atoms with E-state index in [4.69, 9.17) is 18.6 Å². The fraction of sp³-hybridized carbons (Fsp3) is 0.227. The van der Waals surface area contributed by atoms with Crippen molar-refractivity contribution in [2.24, 2.45) is 0 Å². The summed E-state index contributed by atoms with van der Waals surface area (Å²) in [5, 5.41) is 0. The quantitative estimate of drug-likeness (QED) is 0.592. The molecule has 1 amide bonds. The highest BCUT2D eigenvalue weighted by Gasteiger charge is 2.20. The predicted octanol–water partition coefficient (Wildman–Crippen LogP) is 4.39. The van der Waals surface area contributed by atoms with Crippen molar-refractivity contribution < 1.29 is 27.8 Å². The summed E-state index contributed by atoms with van der Waals surface area (Å²) in [5.74, 6) is 2.13. The Bertz CT molecular complexity index is 999. The number of ether oxygens (including phenoxy) is 3. The van der Waals surface area contributed by atoms with E-state index in [0.717, 1.165) is 5.56 Å². The molecule has 2 heterocycles. The van der Waals surface area contributed by atoms with E-state index < -0.39 is 0 Å². The van der Waals surface area contributed by atoms with E-state index in [1.807, 2.05) is 25.1 Å². The van der Waals surface area contributed by atoms with E-state index in [1.165, 1.54) is 24.3 Å². The Hall–Kier alpha value is -3.48. The summed E-state index contributed by atoms with van der Waals surface area (Å²) < 4.78 is 34.9. The lowest BCUT2D eigenvalue weighted by Crippen LogP contribution is -2.30. The number of carbonyl (C=O) groups excluding carboxylic acids is 1. The van der Waals surface area contributed by atoms with E-state index in [-0.39, 0.29) is 30.9 Å². The molecule has 0 fully saturated rings. The van der Waals surface area contributed by atoms with Gasteiger partial charge in [-0.1, -0.05) is 6.07 Å². The van der Waals surface area contributed by atoms with Crippen LogP contribution in [0.15, 0.2) is 59.0 Å². The van der Waals surface area contributed by atoms with Crippen LogP contribution in [0.5, 0.6) is 17.2 Å². The highest BCUT2D eigenvalue weighted by atomic mass is 19.1. The summed E-state index contributed by atoms with van der Waals surface area (Å²) in [6, 6.07) is 14.7.